The fraction of sp³-hybridized carbons (Fsp3) is 0.250. The van der Waals surface area contributed by atoms with Crippen molar-refractivity contribution in [3.63, 3.8) is 0 Å². The number of ether oxygens (including phenoxy) is 2. The van der Waals surface area contributed by atoms with Crippen molar-refractivity contribution in [3.05, 3.63) is 29.3 Å². The van der Waals surface area contributed by atoms with Crippen molar-refractivity contribution in [2.45, 2.75) is 6.92 Å². The van der Waals surface area contributed by atoms with Gasteiger partial charge in [-0.05, 0) is 25.1 Å². The van der Waals surface area contributed by atoms with Gasteiger partial charge in [-0.15, -0.1) is 0 Å². The molecule has 0 radical (unpaired) electrons. The average Bonchev–Trinajstić information content (AvgIpc) is 2.27. The van der Waals surface area contributed by atoms with Crippen LogP contribution in [0.5, 0.6) is 11.5 Å². The molecule has 1 aromatic rings. The molecule has 1 aromatic carbocycles. The molecule has 1 heterocycles. The molecule has 0 atom stereocenters. The summed E-state index contributed by atoms with van der Waals surface area (Å²) in [7, 11) is 1.61. The van der Waals surface area contributed by atoms with Crippen LogP contribution in [0.1, 0.15) is 12.5 Å². The highest BCUT2D eigenvalue weighted by atomic mass is 16.5. The minimum atomic E-state index is 0.0523. The van der Waals surface area contributed by atoms with Crippen molar-refractivity contribution >= 4 is 11.9 Å². The lowest BCUT2D eigenvalue weighted by molar-refractivity contribution is -0.113. The first-order chi connectivity index (χ1) is 7.20. The van der Waals surface area contributed by atoms with Crippen LogP contribution >= 0.6 is 0 Å². The van der Waals surface area contributed by atoms with Gasteiger partial charge in [-0.1, -0.05) is 0 Å². The molecule has 2 rings (SSSR count). The average molecular weight is 204 g/mol. The lowest BCUT2D eigenvalue weighted by atomic mass is 10.1. The SMILES string of the molecule is COc1ccc2c(c1)OCC(C(C)=O)=C2. The lowest BCUT2D eigenvalue weighted by Crippen LogP contribution is -2.12. The second-order valence-electron chi connectivity index (χ2n) is 3.42. The monoisotopic (exact) mass is 204 g/mol. The van der Waals surface area contributed by atoms with E-state index in [1.165, 1.54) is 0 Å². The normalized spacial score (nSPS) is 13.6. The molecule has 0 saturated heterocycles. The molecule has 0 aromatic heterocycles. The van der Waals surface area contributed by atoms with Gasteiger partial charge in [0.2, 0.25) is 0 Å². The van der Waals surface area contributed by atoms with E-state index in [2.05, 4.69) is 0 Å². The number of Topliss-reactive ketones (excluding diaryl/α,β-unsaturated/α-hetero) is 1. The third kappa shape index (κ3) is 1.86. The summed E-state index contributed by atoms with van der Waals surface area (Å²) in [6, 6.07) is 5.56. The van der Waals surface area contributed by atoms with Gasteiger partial charge < -0.3 is 9.47 Å². The summed E-state index contributed by atoms with van der Waals surface area (Å²) < 4.78 is 10.6. The van der Waals surface area contributed by atoms with Crippen molar-refractivity contribution in [1.29, 1.82) is 0 Å². The number of carbonyl (C=O) groups excluding carboxylic acids is 1. The molecule has 78 valence electrons. The number of fused-ring (bicyclic) bond motifs is 1. The topological polar surface area (TPSA) is 35.5 Å². The molecule has 1 aliphatic heterocycles. The molecular weight excluding hydrogens is 192 g/mol. The van der Waals surface area contributed by atoms with Gasteiger partial charge >= 0.3 is 0 Å². The van der Waals surface area contributed by atoms with Crippen molar-refractivity contribution in [3.8, 4) is 11.5 Å². The molecule has 0 saturated carbocycles. The molecule has 0 unspecified atom stereocenters. The maximum absolute atomic E-state index is 11.2. The van der Waals surface area contributed by atoms with E-state index >= 15 is 0 Å². The first-order valence-electron chi connectivity index (χ1n) is 4.73. The first-order valence-corrected chi connectivity index (χ1v) is 4.73. The Morgan fingerprint density at radius 2 is 2.27 bits per heavy atom. The van der Waals surface area contributed by atoms with Gasteiger partial charge in [-0.3, -0.25) is 4.79 Å². The van der Waals surface area contributed by atoms with Crippen LogP contribution in [0.25, 0.3) is 6.08 Å². The molecule has 0 fully saturated rings. The largest absolute Gasteiger partial charge is 0.497 e. The molecule has 0 amide bonds. The highest BCUT2D eigenvalue weighted by molar-refractivity contribution is 5.99. The summed E-state index contributed by atoms with van der Waals surface area (Å²) in [6.45, 7) is 1.89. The van der Waals surface area contributed by atoms with Crippen LogP contribution in [-0.4, -0.2) is 19.5 Å². The Morgan fingerprint density at radius 3 is 2.93 bits per heavy atom. The van der Waals surface area contributed by atoms with E-state index in [-0.39, 0.29) is 5.78 Å². The fourth-order valence-electron chi connectivity index (χ4n) is 1.47. The molecule has 1 aliphatic rings. The molecule has 0 aliphatic carbocycles. The molecule has 3 heteroatoms. The zero-order chi connectivity index (χ0) is 10.8. The molecule has 0 N–H and O–H groups in total. The van der Waals surface area contributed by atoms with E-state index in [9.17, 15) is 4.79 Å². The second kappa shape index (κ2) is 3.77. The van der Waals surface area contributed by atoms with Crippen LogP contribution < -0.4 is 9.47 Å². The molecule has 0 bridgehead atoms. The van der Waals surface area contributed by atoms with Gasteiger partial charge in [0.1, 0.15) is 18.1 Å². The van der Waals surface area contributed by atoms with E-state index in [1.807, 2.05) is 24.3 Å². The Hall–Kier alpha value is -1.77. The fourth-order valence-corrected chi connectivity index (χ4v) is 1.47. The van der Waals surface area contributed by atoms with Crippen molar-refractivity contribution < 1.29 is 14.3 Å². The van der Waals surface area contributed by atoms with Gasteiger partial charge in [0, 0.05) is 17.2 Å². The number of ketones is 1. The van der Waals surface area contributed by atoms with E-state index in [4.69, 9.17) is 9.47 Å². The second-order valence-corrected chi connectivity index (χ2v) is 3.42. The smallest absolute Gasteiger partial charge is 0.159 e. The third-order valence-electron chi connectivity index (χ3n) is 2.39. The minimum Gasteiger partial charge on any atom is -0.497 e. The van der Waals surface area contributed by atoms with Crippen LogP contribution in [-0.2, 0) is 4.79 Å². The molecule has 3 nitrogen and oxygen atoms in total. The van der Waals surface area contributed by atoms with E-state index in [1.54, 1.807) is 14.0 Å². The van der Waals surface area contributed by atoms with Crippen LogP contribution in [0.4, 0.5) is 0 Å². The molecular formula is C12H12O3. The Labute approximate surface area is 88.3 Å². The number of hydrogen-bond donors (Lipinski definition) is 0. The predicted molar refractivity (Wildman–Crippen MR) is 57.1 cm³/mol. The number of methoxy groups -OCH3 is 1. The number of hydrogen-bond acceptors (Lipinski definition) is 3. The van der Waals surface area contributed by atoms with Crippen LogP contribution in [0, 0.1) is 0 Å². The Bertz CT molecular complexity index is 432. The summed E-state index contributed by atoms with van der Waals surface area (Å²) >= 11 is 0. The summed E-state index contributed by atoms with van der Waals surface area (Å²) in [5, 5.41) is 0. The van der Waals surface area contributed by atoms with Crippen molar-refractivity contribution in [2.75, 3.05) is 13.7 Å². The maximum Gasteiger partial charge on any atom is 0.159 e. The van der Waals surface area contributed by atoms with Gasteiger partial charge in [0.25, 0.3) is 0 Å². The predicted octanol–water partition coefficient (Wildman–Crippen LogP) is 2.06. The third-order valence-corrected chi connectivity index (χ3v) is 2.39. The summed E-state index contributed by atoms with van der Waals surface area (Å²) in [4.78, 5) is 11.2. The molecule has 15 heavy (non-hydrogen) atoms. The Balaban J connectivity index is 2.40. The Kier molecular flexibility index (Phi) is 2.46. The van der Waals surface area contributed by atoms with Crippen LogP contribution in [0.15, 0.2) is 23.8 Å². The summed E-state index contributed by atoms with van der Waals surface area (Å²) in [6.07, 6.45) is 1.86. The highest BCUT2D eigenvalue weighted by Crippen LogP contribution is 2.30. The number of benzene rings is 1. The quantitative estimate of drug-likeness (QED) is 0.739. The van der Waals surface area contributed by atoms with Crippen molar-refractivity contribution in [1.82, 2.24) is 0 Å². The van der Waals surface area contributed by atoms with E-state index in [0.29, 0.717) is 12.2 Å². The lowest BCUT2D eigenvalue weighted by Gasteiger charge is -2.16. The van der Waals surface area contributed by atoms with E-state index in [0.717, 1.165) is 17.1 Å². The van der Waals surface area contributed by atoms with Crippen LogP contribution in [0.2, 0.25) is 0 Å². The zero-order valence-electron chi connectivity index (χ0n) is 8.74. The molecule has 0 spiro atoms. The standard InChI is InChI=1S/C12H12O3/c1-8(13)10-5-9-3-4-11(14-2)6-12(9)15-7-10/h3-6H,7H2,1-2H3. The maximum atomic E-state index is 11.2. The van der Waals surface area contributed by atoms with Gasteiger partial charge in [0.05, 0.1) is 7.11 Å². The van der Waals surface area contributed by atoms with Gasteiger partial charge in [0.15, 0.2) is 5.78 Å². The van der Waals surface area contributed by atoms with Crippen molar-refractivity contribution in [2.24, 2.45) is 0 Å². The minimum absolute atomic E-state index is 0.0523. The van der Waals surface area contributed by atoms with Gasteiger partial charge in [-0.2, -0.15) is 0 Å². The number of carbonyl (C=O) groups is 1. The number of rotatable bonds is 2. The first kappa shape index (κ1) is 9.77. The zero-order valence-corrected chi connectivity index (χ0v) is 8.74. The summed E-state index contributed by atoms with van der Waals surface area (Å²) in [5.74, 6) is 1.57. The van der Waals surface area contributed by atoms with Gasteiger partial charge in [-0.25, -0.2) is 0 Å². The van der Waals surface area contributed by atoms with E-state index < -0.39 is 0 Å². The highest BCUT2D eigenvalue weighted by Gasteiger charge is 2.14. The Morgan fingerprint density at radius 1 is 1.47 bits per heavy atom. The summed E-state index contributed by atoms with van der Waals surface area (Å²) in [5.41, 5.74) is 1.62. The van der Waals surface area contributed by atoms with Crippen LogP contribution in [0.3, 0.4) is 0 Å².